The zero-order valence-electron chi connectivity index (χ0n) is 23.2. The van der Waals surface area contributed by atoms with E-state index in [0.717, 1.165) is 16.8 Å². The first-order chi connectivity index (χ1) is 19.0. The van der Waals surface area contributed by atoms with Crippen LogP contribution < -0.4 is 10.2 Å². The van der Waals surface area contributed by atoms with Gasteiger partial charge in [-0.25, -0.2) is 4.79 Å². The van der Waals surface area contributed by atoms with E-state index in [2.05, 4.69) is 5.32 Å². The van der Waals surface area contributed by atoms with Crippen molar-refractivity contribution in [2.75, 3.05) is 31.1 Å². The fraction of sp³-hybridized carbons (Fsp3) is 0.467. The number of ether oxygens (including phenoxy) is 2. The van der Waals surface area contributed by atoms with Crippen LogP contribution in [0.4, 0.5) is 10.5 Å². The zero-order chi connectivity index (χ0) is 28.9. The number of fused-ring (bicyclic) bond motifs is 2. The molecule has 1 spiro atoms. The van der Waals surface area contributed by atoms with Crippen LogP contribution >= 0.6 is 0 Å². The van der Waals surface area contributed by atoms with Crippen molar-refractivity contribution in [2.24, 2.45) is 0 Å². The molecule has 10 nitrogen and oxygen atoms in total. The number of nitrogens with one attached hydrogen (secondary N) is 1. The Morgan fingerprint density at radius 2 is 1.65 bits per heavy atom. The van der Waals surface area contributed by atoms with E-state index < -0.39 is 36.0 Å². The van der Waals surface area contributed by atoms with Crippen LogP contribution in [0.1, 0.15) is 51.2 Å². The maximum atomic E-state index is 13.6. The van der Waals surface area contributed by atoms with Crippen LogP contribution in [0.15, 0.2) is 54.6 Å². The molecule has 0 aromatic heterocycles. The maximum absolute atomic E-state index is 13.6. The summed E-state index contributed by atoms with van der Waals surface area (Å²) >= 11 is 0. The number of carbonyl (C=O) groups excluding carboxylic acids is 3. The summed E-state index contributed by atoms with van der Waals surface area (Å²) in [7, 11) is 0. The summed E-state index contributed by atoms with van der Waals surface area (Å²) in [5.41, 5.74) is 1.58. The van der Waals surface area contributed by atoms with E-state index >= 15 is 0 Å². The molecule has 10 heteroatoms. The number of likely N-dealkylation sites (tertiary alicyclic amines) is 1. The molecule has 2 aliphatic rings. The molecule has 1 atom stereocenters. The lowest BCUT2D eigenvalue weighted by atomic mass is 9.74. The number of carboxylic acid groups (broad SMARTS) is 1. The van der Waals surface area contributed by atoms with Gasteiger partial charge < -0.3 is 29.7 Å². The number of carboxylic acids is 1. The van der Waals surface area contributed by atoms with Crippen LogP contribution in [0, 0.1) is 0 Å². The number of amides is 3. The fourth-order valence-corrected chi connectivity index (χ4v) is 5.37. The van der Waals surface area contributed by atoms with Crippen LogP contribution in [0.2, 0.25) is 0 Å². The van der Waals surface area contributed by atoms with Crippen LogP contribution in [0.25, 0.3) is 0 Å². The molecule has 214 valence electrons. The van der Waals surface area contributed by atoms with Gasteiger partial charge in [0.1, 0.15) is 18.1 Å². The molecule has 0 aliphatic carbocycles. The van der Waals surface area contributed by atoms with Gasteiger partial charge in [-0.3, -0.25) is 14.4 Å². The molecule has 2 aliphatic heterocycles. The summed E-state index contributed by atoms with van der Waals surface area (Å²) in [6, 6.07) is 16.2. The largest absolute Gasteiger partial charge is 0.481 e. The Morgan fingerprint density at radius 3 is 2.30 bits per heavy atom. The number of rotatable bonds is 8. The summed E-state index contributed by atoms with van der Waals surface area (Å²) in [5, 5.41) is 11.8. The second-order valence-electron chi connectivity index (χ2n) is 11.4. The van der Waals surface area contributed by atoms with Crippen molar-refractivity contribution in [2.45, 2.75) is 63.7 Å². The molecular formula is C30H37N3O7. The van der Waals surface area contributed by atoms with Gasteiger partial charge in [0, 0.05) is 30.7 Å². The van der Waals surface area contributed by atoms with E-state index in [1.54, 1.807) is 30.6 Å². The van der Waals surface area contributed by atoms with Crippen LogP contribution in [-0.2, 0) is 35.9 Å². The Balaban J connectivity index is 1.44. The highest BCUT2D eigenvalue weighted by Crippen LogP contribution is 2.47. The van der Waals surface area contributed by atoms with Crippen molar-refractivity contribution in [3.05, 3.63) is 65.7 Å². The standard InChI is InChI=1S/C30H37N3O7/c1-29(2,3)40-28(38)31-23(19-39-18-21-9-5-4-6-10-21)27(37)32-15-13-30(14-16-32)20-33(25(34)17-26(35)36)24-12-8-7-11-22(24)30/h4-12,23H,13-20H2,1-3H3,(H,31,38)(H,35,36)/t23-/m1/s1. The van der Waals surface area contributed by atoms with Gasteiger partial charge in [-0.2, -0.15) is 0 Å². The van der Waals surface area contributed by atoms with Crippen molar-refractivity contribution >= 4 is 29.6 Å². The number of anilines is 1. The van der Waals surface area contributed by atoms with Gasteiger partial charge in [0.15, 0.2) is 0 Å². The number of hydrogen-bond acceptors (Lipinski definition) is 6. The lowest BCUT2D eigenvalue weighted by Gasteiger charge is -2.41. The van der Waals surface area contributed by atoms with Crippen molar-refractivity contribution in [1.82, 2.24) is 10.2 Å². The molecule has 0 saturated carbocycles. The van der Waals surface area contributed by atoms with Crippen LogP contribution in [-0.4, -0.2) is 71.8 Å². The van der Waals surface area contributed by atoms with Gasteiger partial charge in [0.2, 0.25) is 11.8 Å². The monoisotopic (exact) mass is 551 g/mol. The average molecular weight is 552 g/mol. The second kappa shape index (κ2) is 12.1. The molecule has 3 amide bonds. The average Bonchev–Trinajstić information content (AvgIpc) is 3.21. The number of hydrogen-bond donors (Lipinski definition) is 2. The highest BCUT2D eigenvalue weighted by Gasteiger charge is 2.47. The topological polar surface area (TPSA) is 125 Å². The summed E-state index contributed by atoms with van der Waals surface area (Å²) in [5.74, 6) is -1.88. The molecule has 0 bridgehead atoms. The normalized spacial score (nSPS) is 16.8. The minimum absolute atomic E-state index is 0.0189. The van der Waals surface area contributed by atoms with Crippen LogP contribution in [0.3, 0.4) is 0 Å². The third-order valence-corrected chi connectivity index (χ3v) is 7.25. The number of benzene rings is 2. The highest BCUT2D eigenvalue weighted by molar-refractivity contribution is 6.04. The van der Waals surface area contributed by atoms with E-state index in [-0.39, 0.29) is 17.9 Å². The number of alkyl carbamates (subject to hydrolysis) is 1. The minimum atomic E-state index is -1.16. The van der Waals surface area contributed by atoms with Gasteiger partial charge in [0.05, 0.1) is 13.2 Å². The quantitative estimate of drug-likeness (QED) is 0.481. The van der Waals surface area contributed by atoms with Crippen molar-refractivity contribution in [1.29, 1.82) is 0 Å². The number of piperidine rings is 1. The van der Waals surface area contributed by atoms with E-state index in [0.29, 0.717) is 39.1 Å². The Bertz CT molecular complexity index is 1230. The summed E-state index contributed by atoms with van der Waals surface area (Å²) < 4.78 is 11.2. The predicted octanol–water partition coefficient (Wildman–Crippen LogP) is 3.48. The lowest BCUT2D eigenvalue weighted by molar-refractivity contribution is -0.140. The molecule has 40 heavy (non-hydrogen) atoms. The van der Waals surface area contributed by atoms with E-state index in [9.17, 15) is 19.2 Å². The molecule has 0 unspecified atom stereocenters. The minimum Gasteiger partial charge on any atom is -0.481 e. The molecule has 1 saturated heterocycles. The smallest absolute Gasteiger partial charge is 0.408 e. The highest BCUT2D eigenvalue weighted by atomic mass is 16.6. The predicted molar refractivity (Wildman–Crippen MR) is 148 cm³/mol. The van der Waals surface area contributed by atoms with Gasteiger partial charge in [-0.15, -0.1) is 0 Å². The first-order valence-corrected chi connectivity index (χ1v) is 13.5. The molecule has 2 aromatic rings. The van der Waals surface area contributed by atoms with Crippen molar-refractivity contribution in [3.8, 4) is 0 Å². The maximum Gasteiger partial charge on any atom is 0.408 e. The van der Waals surface area contributed by atoms with Gasteiger partial charge in [0.25, 0.3) is 0 Å². The number of nitrogens with zero attached hydrogens (tertiary/aromatic N) is 2. The molecule has 2 aromatic carbocycles. The lowest BCUT2D eigenvalue weighted by Crippen LogP contribution is -2.55. The van der Waals surface area contributed by atoms with Crippen molar-refractivity contribution < 1.29 is 33.8 Å². The number of para-hydroxylation sites is 1. The van der Waals surface area contributed by atoms with Gasteiger partial charge >= 0.3 is 12.1 Å². The first-order valence-electron chi connectivity index (χ1n) is 13.5. The second-order valence-corrected chi connectivity index (χ2v) is 11.4. The molecule has 1 fully saturated rings. The van der Waals surface area contributed by atoms with Gasteiger partial charge in [-0.1, -0.05) is 48.5 Å². The van der Waals surface area contributed by atoms with E-state index in [4.69, 9.17) is 14.6 Å². The Kier molecular flexibility index (Phi) is 8.78. The molecule has 4 rings (SSSR count). The summed E-state index contributed by atoms with van der Waals surface area (Å²) in [6.45, 7) is 6.74. The first kappa shape index (κ1) is 29.1. The number of carbonyl (C=O) groups is 4. The summed E-state index contributed by atoms with van der Waals surface area (Å²) in [4.78, 5) is 53.4. The van der Waals surface area contributed by atoms with E-state index in [1.807, 2.05) is 54.6 Å². The Labute approximate surface area is 234 Å². The summed E-state index contributed by atoms with van der Waals surface area (Å²) in [6.07, 6.45) is -0.0801. The molecular weight excluding hydrogens is 514 g/mol. The molecule has 0 radical (unpaired) electrons. The Hall–Kier alpha value is -3.92. The zero-order valence-corrected chi connectivity index (χ0v) is 23.2. The third-order valence-electron chi connectivity index (χ3n) is 7.25. The SMILES string of the molecule is CC(C)(C)OC(=O)N[C@H](COCc1ccccc1)C(=O)N1CCC2(CC1)CN(C(=O)CC(=O)O)c1ccccc12. The van der Waals surface area contributed by atoms with Crippen LogP contribution in [0.5, 0.6) is 0 Å². The fourth-order valence-electron chi connectivity index (χ4n) is 5.37. The van der Waals surface area contributed by atoms with Gasteiger partial charge in [-0.05, 0) is 50.8 Å². The molecule has 2 N–H and O–H groups in total. The Morgan fingerprint density at radius 1 is 1.00 bits per heavy atom. The molecule has 2 heterocycles. The van der Waals surface area contributed by atoms with Crippen molar-refractivity contribution in [3.63, 3.8) is 0 Å². The third kappa shape index (κ3) is 6.98. The number of aliphatic carboxylic acids is 1. The van der Waals surface area contributed by atoms with E-state index in [1.165, 1.54) is 0 Å².